The lowest BCUT2D eigenvalue weighted by molar-refractivity contribution is -0.138. The molecule has 44 heavy (non-hydrogen) atoms. The number of nitrogens with zero attached hydrogens (tertiary/aromatic N) is 3. The van der Waals surface area contributed by atoms with Crippen molar-refractivity contribution in [3.05, 3.63) is 71.9 Å². The van der Waals surface area contributed by atoms with E-state index in [1.165, 1.54) is 0 Å². The fourth-order valence-corrected chi connectivity index (χ4v) is 6.12. The van der Waals surface area contributed by atoms with E-state index in [1.807, 2.05) is 5.32 Å². The molecule has 0 radical (unpaired) electrons. The maximum atomic E-state index is 13.7. The SMILES string of the molecule is O=C(O)Nc1ccc2c(c1)N(S(=O)(=O)c1cccc(C(F)(F)F)c1)CC(CC(=O)N(c1ccc(C(F)(F)F)cn1)S(=O)O)O2. The number of rotatable bonds is 7. The van der Waals surface area contributed by atoms with Crippen molar-refractivity contribution in [1.29, 1.82) is 0 Å². The van der Waals surface area contributed by atoms with Crippen molar-refractivity contribution in [2.45, 2.75) is 29.8 Å². The molecule has 1 aliphatic heterocycles. The molecule has 3 aromatic rings. The summed E-state index contributed by atoms with van der Waals surface area (Å²) in [5.41, 5.74) is -2.96. The number of anilines is 3. The molecule has 3 N–H and O–H groups in total. The molecule has 0 saturated carbocycles. The van der Waals surface area contributed by atoms with Crippen LogP contribution in [0.4, 0.5) is 48.3 Å². The van der Waals surface area contributed by atoms with E-state index < -0.39 is 86.6 Å². The number of hydrogen-bond donors (Lipinski definition) is 3. The summed E-state index contributed by atoms with van der Waals surface area (Å²) in [4.78, 5) is 26.8. The van der Waals surface area contributed by atoms with Crippen LogP contribution in [0, 0.1) is 0 Å². The molecule has 0 saturated heterocycles. The van der Waals surface area contributed by atoms with Crippen molar-refractivity contribution in [2.75, 3.05) is 20.5 Å². The minimum absolute atomic E-state index is 0.130. The second-order valence-corrected chi connectivity index (χ2v) is 11.6. The predicted molar refractivity (Wildman–Crippen MR) is 141 cm³/mol. The van der Waals surface area contributed by atoms with Crippen molar-refractivity contribution < 1.29 is 63.0 Å². The molecular formula is C24H18F6N4O8S2. The van der Waals surface area contributed by atoms with Crippen LogP contribution in [0.1, 0.15) is 17.5 Å². The minimum Gasteiger partial charge on any atom is -0.486 e. The van der Waals surface area contributed by atoms with Crippen LogP contribution in [-0.4, -0.2) is 51.9 Å². The van der Waals surface area contributed by atoms with Crippen LogP contribution in [0.3, 0.4) is 0 Å². The van der Waals surface area contributed by atoms with Crippen LogP contribution >= 0.6 is 0 Å². The Kier molecular flexibility index (Phi) is 8.80. The molecule has 2 atom stereocenters. The molecule has 1 aliphatic rings. The predicted octanol–water partition coefficient (Wildman–Crippen LogP) is 4.73. The van der Waals surface area contributed by atoms with Gasteiger partial charge in [0.05, 0.1) is 34.7 Å². The molecule has 0 spiro atoms. The number of ether oxygens (including phenoxy) is 1. The average Bonchev–Trinajstić information content (AvgIpc) is 2.91. The zero-order valence-corrected chi connectivity index (χ0v) is 23.2. The quantitative estimate of drug-likeness (QED) is 0.238. The van der Waals surface area contributed by atoms with Crippen molar-refractivity contribution in [1.82, 2.24) is 4.98 Å². The van der Waals surface area contributed by atoms with Crippen molar-refractivity contribution in [2.24, 2.45) is 0 Å². The monoisotopic (exact) mass is 668 g/mol. The summed E-state index contributed by atoms with van der Waals surface area (Å²) in [6.07, 6.45) is -13.2. The molecule has 2 amide bonds. The van der Waals surface area contributed by atoms with Crippen LogP contribution < -0.4 is 18.7 Å². The molecule has 2 heterocycles. The summed E-state index contributed by atoms with van der Waals surface area (Å²) >= 11 is -3.16. The van der Waals surface area contributed by atoms with Crippen LogP contribution in [0.15, 0.2) is 65.7 Å². The second-order valence-electron chi connectivity index (χ2n) is 8.94. The van der Waals surface area contributed by atoms with Gasteiger partial charge in [-0.2, -0.15) is 30.6 Å². The lowest BCUT2D eigenvalue weighted by Crippen LogP contribution is -2.46. The number of carbonyl (C=O) groups is 2. The highest BCUT2D eigenvalue weighted by atomic mass is 32.2. The maximum absolute atomic E-state index is 13.7. The molecule has 0 bridgehead atoms. The largest absolute Gasteiger partial charge is 0.486 e. The Morgan fingerprint density at radius 1 is 1.05 bits per heavy atom. The first-order valence-corrected chi connectivity index (χ1v) is 14.4. The first kappa shape index (κ1) is 32.5. The van der Waals surface area contributed by atoms with Gasteiger partial charge < -0.3 is 9.84 Å². The number of aromatic nitrogens is 1. The number of carbonyl (C=O) groups excluding carboxylic acids is 1. The summed E-state index contributed by atoms with van der Waals surface area (Å²) in [6, 6.07) is 7.21. The first-order chi connectivity index (χ1) is 20.4. The fourth-order valence-electron chi connectivity index (χ4n) is 4.05. The van der Waals surface area contributed by atoms with Crippen molar-refractivity contribution in [3.63, 3.8) is 0 Å². The summed E-state index contributed by atoms with van der Waals surface area (Å²) in [5, 5.41) is 11.0. The van der Waals surface area contributed by atoms with Gasteiger partial charge in [0.2, 0.25) is 5.91 Å². The van der Waals surface area contributed by atoms with E-state index in [0.29, 0.717) is 34.8 Å². The van der Waals surface area contributed by atoms with E-state index in [9.17, 15) is 53.1 Å². The van der Waals surface area contributed by atoms with Gasteiger partial charge in [-0.3, -0.25) is 19.0 Å². The highest BCUT2D eigenvalue weighted by molar-refractivity contribution is 7.92. The number of halogens is 6. The van der Waals surface area contributed by atoms with E-state index in [2.05, 4.69) is 4.98 Å². The van der Waals surface area contributed by atoms with Gasteiger partial charge in [-0.15, -0.1) is 0 Å². The molecule has 2 aromatic carbocycles. The van der Waals surface area contributed by atoms with E-state index in [1.54, 1.807) is 0 Å². The highest BCUT2D eigenvalue weighted by Gasteiger charge is 2.39. The molecule has 12 nitrogen and oxygen atoms in total. The highest BCUT2D eigenvalue weighted by Crippen LogP contribution is 2.40. The van der Waals surface area contributed by atoms with Crippen LogP contribution in [0.5, 0.6) is 5.75 Å². The average molecular weight is 669 g/mol. The number of fused-ring (bicyclic) bond motifs is 1. The van der Waals surface area contributed by atoms with Gasteiger partial charge in [0, 0.05) is 11.9 Å². The van der Waals surface area contributed by atoms with Gasteiger partial charge in [-0.05, 0) is 48.5 Å². The van der Waals surface area contributed by atoms with Gasteiger partial charge in [0.15, 0.2) is 0 Å². The third-order valence-corrected chi connectivity index (χ3v) is 8.44. The maximum Gasteiger partial charge on any atom is 0.417 e. The Labute approximate surface area is 246 Å². The van der Waals surface area contributed by atoms with Crippen LogP contribution in [0.2, 0.25) is 0 Å². The van der Waals surface area contributed by atoms with Crippen LogP contribution in [-0.2, 0) is 38.4 Å². The second kappa shape index (κ2) is 11.9. The molecule has 236 valence electrons. The van der Waals surface area contributed by atoms with E-state index in [0.717, 1.165) is 30.3 Å². The fraction of sp³-hybridized carbons (Fsp3) is 0.208. The molecule has 20 heteroatoms. The number of carboxylic acid groups (broad SMARTS) is 1. The summed E-state index contributed by atoms with van der Waals surface area (Å²) in [5.74, 6) is -2.16. The number of pyridine rings is 1. The van der Waals surface area contributed by atoms with Crippen molar-refractivity contribution >= 4 is 50.5 Å². The normalized spacial score (nSPS) is 16.0. The van der Waals surface area contributed by atoms with Gasteiger partial charge in [-0.1, -0.05) is 6.07 Å². The molecule has 1 aromatic heterocycles. The topological polar surface area (TPSA) is 166 Å². The number of alkyl halides is 6. The number of benzene rings is 2. The summed E-state index contributed by atoms with van der Waals surface area (Å²) in [6.45, 7) is -0.764. The van der Waals surface area contributed by atoms with Gasteiger partial charge in [0.25, 0.3) is 21.3 Å². The number of hydrogen-bond acceptors (Lipinski definition) is 7. The minimum atomic E-state index is -4.91. The molecule has 0 fully saturated rings. The Morgan fingerprint density at radius 3 is 2.30 bits per heavy atom. The van der Waals surface area contributed by atoms with Gasteiger partial charge in [-0.25, -0.2) is 22.4 Å². The summed E-state index contributed by atoms with van der Waals surface area (Å²) < 4.78 is 134. The standard InChI is InChI=1S/C24H18F6N4O8S2/c25-23(26,27)13-2-1-3-17(8-13)44(40,41)33-12-16(42-19-6-5-15(9-18(19)33)32-22(36)37)10-21(35)34(43(38)39)20-7-4-14(11-31-20)24(28,29)30/h1-9,11,16,32H,10,12H2,(H,36,37)(H,38,39). The first-order valence-electron chi connectivity index (χ1n) is 11.9. The zero-order chi connectivity index (χ0) is 32.6. The Hall–Kier alpha value is -4.43. The van der Waals surface area contributed by atoms with E-state index >= 15 is 0 Å². The lowest BCUT2D eigenvalue weighted by Gasteiger charge is -2.36. The number of nitrogens with one attached hydrogen (secondary N) is 1. The van der Waals surface area contributed by atoms with Crippen molar-refractivity contribution in [3.8, 4) is 5.75 Å². The lowest BCUT2D eigenvalue weighted by atomic mass is 10.1. The Balaban J connectivity index is 1.71. The Bertz CT molecular complexity index is 1720. The number of sulfonamides is 1. The Morgan fingerprint density at radius 2 is 1.73 bits per heavy atom. The third kappa shape index (κ3) is 7.03. The zero-order valence-electron chi connectivity index (χ0n) is 21.5. The number of amides is 2. The van der Waals surface area contributed by atoms with E-state index in [-0.39, 0.29) is 21.4 Å². The molecule has 0 aliphatic carbocycles. The smallest absolute Gasteiger partial charge is 0.417 e. The van der Waals surface area contributed by atoms with Gasteiger partial charge in [0.1, 0.15) is 17.7 Å². The molecule has 4 rings (SSSR count). The molecule has 2 unspecified atom stereocenters. The summed E-state index contributed by atoms with van der Waals surface area (Å²) in [7, 11) is -4.85. The molecular weight excluding hydrogens is 650 g/mol. The third-order valence-electron chi connectivity index (χ3n) is 5.96. The van der Waals surface area contributed by atoms with Gasteiger partial charge >= 0.3 is 18.4 Å². The van der Waals surface area contributed by atoms with E-state index in [4.69, 9.17) is 9.84 Å². The van der Waals surface area contributed by atoms with Crippen LogP contribution in [0.25, 0.3) is 0 Å².